The molecule has 1 nitrogen and oxygen atoms in total. The Balaban J connectivity index is 2.13. The van der Waals surface area contributed by atoms with E-state index in [1.807, 2.05) is 0 Å². The van der Waals surface area contributed by atoms with Crippen molar-refractivity contribution < 1.29 is 0 Å². The highest BCUT2D eigenvalue weighted by Gasteiger charge is 2.17. The zero-order valence-electron chi connectivity index (χ0n) is 7.39. The molecule has 0 amide bonds. The molecule has 0 radical (unpaired) electrons. The standard InChI is InChI=1S/C9H17NS/c1-7(2)3-4-8-5-6-9(11)10-8/h7-8H,3-6H2,1-2H3,(H,10,11). The normalized spacial score (nSPS) is 24.3. The summed E-state index contributed by atoms with van der Waals surface area (Å²) >= 11 is 5.06. The summed E-state index contributed by atoms with van der Waals surface area (Å²) in [5, 5.41) is 3.34. The molecule has 1 heterocycles. The van der Waals surface area contributed by atoms with Crippen molar-refractivity contribution in [1.29, 1.82) is 0 Å². The SMILES string of the molecule is CC(C)CCC1CCC(=S)N1. The van der Waals surface area contributed by atoms with Gasteiger partial charge in [-0.1, -0.05) is 26.1 Å². The highest BCUT2D eigenvalue weighted by atomic mass is 32.1. The highest BCUT2D eigenvalue weighted by Crippen LogP contribution is 2.15. The van der Waals surface area contributed by atoms with Gasteiger partial charge in [0.25, 0.3) is 0 Å². The van der Waals surface area contributed by atoms with Gasteiger partial charge in [0.05, 0.1) is 4.99 Å². The fourth-order valence-electron chi connectivity index (χ4n) is 1.43. The lowest BCUT2D eigenvalue weighted by Gasteiger charge is -2.11. The fraction of sp³-hybridized carbons (Fsp3) is 0.889. The number of hydrogen-bond donors (Lipinski definition) is 1. The van der Waals surface area contributed by atoms with Crippen molar-refractivity contribution in [2.45, 2.75) is 45.6 Å². The van der Waals surface area contributed by atoms with Crippen LogP contribution in [0.1, 0.15) is 39.5 Å². The zero-order valence-corrected chi connectivity index (χ0v) is 8.21. The molecule has 1 aliphatic heterocycles. The van der Waals surface area contributed by atoms with Crippen molar-refractivity contribution in [1.82, 2.24) is 5.32 Å². The summed E-state index contributed by atoms with van der Waals surface area (Å²) in [4.78, 5) is 1.07. The Bertz CT molecular complexity index is 142. The summed E-state index contributed by atoms with van der Waals surface area (Å²) in [5.74, 6) is 0.825. The fourth-order valence-corrected chi connectivity index (χ4v) is 1.71. The van der Waals surface area contributed by atoms with Crippen LogP contribution >= 0.6 is 12.2 Å². The molecule has 1 unspecified atom stereocenters. The molecule has 0 spiro atoms. The van der Waals surface area contributed by atoms with E-state index in [-0.39, 0.29) is 0 Å². The monoisotopic (exact) mass is 171 g/mol. The van der Waals surface area contributed by atoms with E-state index in [4.69, 9.17) is 12.2 Å². The maximum absolute atomic E-state index is 5.06. The van der Waals surface area contributed by atoms with Crippen LogP contribution in [0.5, 0.6) is 0 Å². The Morgan fingerprint density at radius 3 is 2.82 bits per heavy atom. The topological polar surface area (TPSA) is 12.0 Å². The molecule has 0 aromatic rings. The number of hydrogen-bond acceptors (Lipinski definition) is 1. The van der Waals surface area contributed by atoms with Crippen molar-refractivity contribution in [3.63, 3.8) is 0 Å². The van der Waals surface area contributed by atoms with Gasteiger partial charge in [-0.05, 0) is 31.6 Å². The Labute approximate surface area is 74.6 Å². The number of nitrogens with one attached hydrogen (secondary N) is 1. The molecule has 0 saturated carbocycles. The van der Waals surface area contributed by atoms with Gasteiger partial charge >= 0.3 is 0 Å². The largest absolute Gasteiger partial charge is 0.377 e. The second kappa shape index (κ2) is 4.05. The van der Waals surface area contributed by atoms with Gasteiger partial charge in [0.1, 0.15) is 0 Å². The molecule has 64 valence electrons. The Morgan fingerprint density at radius 2 is 2.36 bits per heavy atom. The van der Waals surface area contributed by atoms with Gasteiger partial charge in [-0.15, -0.1) is 0 Å². The molecular formula is C9H17NS. The van der Waals surface area contributed by atoms with Gasteiger partial charge in [-0.3, -0.25) is 0 Å². The van der Waals surface area contributed by atoms with E-state index in [1.54, 1.807) is 0 Å². The predicted molar refractivity (Wildman–Crippen MR) is 52.8 cm³/mol. The van der Waals surface area contributed by atoms with Crippen LogP contribution in [0.4, 0.5) is 0 Å². The Morgan fingerprint density at radius 1 is 1.64 bits per heavy atom. The van der Waals surface area contributed by atoms with E-state index in [1.165, 1.54) is 19.3 Å². The Hall–Kier alpha value is -0.110. The van der Waals surface area contributed by atoms with Crippen molar-refractivity contribution >= 4 is 17.2 Å². The van der Waals surface area contributed by atoms with Crippen LogP contribution in [0, 0.1) is 5.92 Å². The first kappa shape index (κ1) is 8.98. The minimum absolute atomic E-state index is 0.685. The third kappa shape index (κ3) is 3.19. The lowest BCUT2D eigenvalue weighted by atomic mass is 10.0. The van der Waals surface area contributed by atoms with Crippen LogP contribution in [0.15, 0.2) is 0 Å². The average molecular weight is 171 g/mol. The van der Waals surface area contributed by atoms with Crippen LogP contribution in [0.3, 0.4) is 0 Å². The van der Waals surface area contributed by atoms with Crippen LogP contribution in [-0.2, 0) is 0 Å². The molecule has 1 rings (SSSR count). The van der Waals surface area contributed by atoms with E-state index < -0.39 is 0 Å². The van der Waals surface area contributed by atoms with Crippen molar-refractivity contribution in [2.75, 3.05) is 0 Å². The van der Waals surface area contributed by atoms with E-state index in [0.29, 0.717) is 6.04 Å². The lowest BCUT2D eigenvalue weighted by molar-refractivity contribution is 0.480. The van der Waals surface area contributed by atoms with Crippen molar-refractivity contribution in [3.8, 4) is 0 Å². The maximum Gasteiger partial charge on any atom is 0.0756 e. The summed E-state index contributed by atoms with van der Waals surface area (Å²) < 4.78 is 0. The minimum Gasteiger partial charge on any atom is -0.377 e. The van der Waals surface area contributed by atoms with Gasteiger partial charge in [0, 0.05) is 6.04 Å². The Kier molecular flexibility index (Phi) is 3.31. The molecule has 0 aromatic heterocycles. The minimum atomic E-state index is 0.685. The van der Waals surface area contributed by atoms with Crippen molar-refractivity contribution in [3.05, 3.63) is 0 Å². The molecule has 1 fully saturated rings. The zero-order chi connectivity index (χ0) is 8.27. The number of rotatable bonds is 3. The molecule has 1 saturated heterocycles. The summed E-state index contributed by atoms with van der Waals surface area (Å²) in [5.41, 5.74) is 0. The molecular weight excluding hydrogens is 154 g/mol. The van der Waals surface area contributed by atoms with Crippen LogP contribution < -0.4 is 5.32 Å². The molecule has 1 N–H and O–H groups in total. The molecule has 1 atom stereocenters. The summed E-state index contributed by atoms with van der Waals surface area (Å²) in [6.45, 7) is 4.54. The molecule has 2 heteroatoms. The van der Waals surface area contributed by atoms with Gasteiger partial charge in [-0.2, -0.15) is 0 Å². The third-order valence-corrected chi connectivity index (χ3v) is 2.50. The van der Waals surface area contributed by atoms with E-state index in [2.05, 4.69) is 19.2 Å². The van der Waals surface area contributed by atoms with Crippen molar-refractivity contribution in [2.24, 2.45) is 5.92 Å². The highest BCUT2D eigenvalue weighted by molar-refractivity contribution is 7.80. The molecule has 0 aliphatic carbocycles. The first-order valence-corrected chi connectivity index (χ1v) is 4.88. The maximum atomic E-state index is 5.06. The van der Waals surface area contributed by atoms with E-state index in [0.717, 1.165) is 17.3 Å². The van der Waals surface area contributed by atoms with E-state index in [9.17, 15) is 0 Å². The van der Waals surface area contributed by atoms with Gasteiger partial charge in [-0.25, -0.2) is 0 Å². The van der Waals surface area contributed by atoms with E-state index >= 15 is 0 Å². The summed E-state index contributed by atoms with van der Waals surface area (Å²) in [6, 6.07) is 0.685. The molecule has 11 heavy (non-hydrogen) atoms. The van der Waals surface area contributed by atoms with Crippen LogP contribution in [0.2, 0.25) is 0 Å². The summed E-state index contributed by atoms with van der Waals surface area (Å²) in [7, 11) is 0. The predicted octanol–water partition coefficient (Wildman–Crippen LogP) is 2.50. The number of thiocarbonyl (C=S) groups is 1. The first-order valence-electron chi connectivity index (χ1n) is 4.48. The second-order valence-electron chi connectivity index (χ2n) is 3.77. The average Bonchev–Trinajstić information content (AvgIpc) is 2.31. The second-order valence-corrected chi connectivity index (χ2v) is 4.27. The van der Waals surface area contributed by atoms with Gasteiger partial charge in [0.2, 0.25) is 0 Å². The smallest absolute Gasteiger partial charge is 0.0756 e. The third-order valence-electron chi connectivity index (χ3n) is 2.18. The molecule has 1 aliphatic rings. The lowest BCUT2D eigenvalue weighted by Crippen LogP contribution is -2.24. The summed E-state index contributed by atoms with van der Waals surface area (Å²) in [6.07, 6.45) is 4.97. The molecule has 0 aromatic carbocycles. The van der Waals surface area contributed by atoms with Crippen LogP contribution in [0.25, 0.3) is 0 Å². The molecule has 0 bridgehead atoms. The first-order chi connectivity index (χ1) is 5.18. The van der Waals surface area contributed by atoms with Crippen LogP contribution in [-0.4, -0.2) is 11.0 Å². The van der Waals surface area contributed by atoms with Gasteiger partial charge < -0.3 is 5.32 Å². The quantitative estimate of drug-likeness (QED) is 0.655. The van der Waals surface area contributed by atoms with Gasteiger partial charge in [0.15, 0.2) is 0 Å².